The summed E-state index contributed by atoms with van der Waals surface area (Å²) >= 11 is 0. The molecule has 3 N–H and O–H groups in total. The molecule has 0 bridgehead atoms. The van der Waals surface area contributed by atoms with E-state index in [0.717, 1.165) is 0 Å². The number of fused-ring (bicyclic) bond motifs is 1. The number of rotatable bonds is 5. The lowest BCUT2D eigenvalue weighted by atomic mass is 10.2. The Bertz CT molecular complexity index is 1100. The van der Waals surface area contributed by atoms with Crippen LogP contribution in [0.1, 0.15) is 0 Å². The molecule has 0 aliphatic heterocycles. The number of hydrogen-bond donors (Lipinski definition) is 2. The van der Waals surface area contributed by atoms with Gasteiger partial charge in [-0.2, -0.15) is 9.61 Å². The summed E-state index contributed by atoms with van der Waals surface area (Å²) in [5.41, 5.74) is 6.87. The molecule has 3 aromatic heterocycles. The molecular formula is C16H13FN8O. The highest BCUT2D eigenvalue weighted by atomic mass is 19.1. The van der Waals surface area contributed by atoms with Crippen LogP contribution in [0.4, 0.5) is 15.9 Å². The van der Waals surface area contributed by atoms with Gasteiger partial charge in [-0.15, -0.1) is 15.3 Å². The van der Waals surface area contributed by atoms with Gasteiger partial charge in [0.25, 0.3) is 0 Å². The summed E-state index contributed by atoms with van der Waals surface area (Å²) in [6, 6.07) is 9.52. The van der Waals surface area contributed by atoms with Crippen LogP contribution in [0.2, 0.25) is 0 Å². The van der Waals surface area contributed by atoms with Crippen LogP contribution in [0, 0.1) is 5.82 Å². The average Bonchev–Trinajstić information content (AvgIpc) is 3.21. The zero-order valence-electron chi connectivity index (χ0n) is 13.4. The Morgan fingerprint density at radius 1 is 1.23 bits per heavy atom. The van der Waals surface area contributed by atoms with Crippen LogP contribution in [-0.4, -0.2) is 35.5 Å². The first-order valence-electron chi connectivity index (χ1n) is 7.65. The van der Waals surface area contributed by atoms with Gasteiger partial charge in [0.1, 0.15) is 12.4 Å². The van der Waals surface area contributed by atoms with E-state index < -0.39 is 5.91 Å². The van der Waals surface area contributed by atoms with Gasteiger partial charge in [0.2, 0.25) is 5.91 Å². The third-order valence-electron chi connectivity index (χ3n) is 3.57. The Hall–Kier alpha value is -3.82. The smallest absolute Gasteiger partial charge is 0.239 e. The largest absolute Gasteiger partial charge is 0.368 e. The molecule has 130 valence electrons. The van der Waals surface area contributed by atoms with Crippen molar-refractivity contribution in [1.29, 1.82) is 0 Å². The molecule has 0 atom stereocenters. The Morgan fingerprint density at radius 3 is 2.92 bits per heavy atom. The number of carbonyl (C=O) groups excluding carboxylic acids is 1. The second kappa shape index (κ2) is 6.24. The highest BCUT2D eigenvalue weighted by Crippen LogP contribution is 2.20. The number of nitrogens with one attached hydrogen (secondary N) is 1. The molecule has 4 aromatic rings. The van der Waals surface area contributed by atoms with Crippen molar-refractivity contribution in [3.63, 3.8) is 0 Å². The minimum atomic E-state index is -0.483. The molecule has 0 spiro atoms. The number of primary amides is 1. The number of aromatic nitrogens is 6. The van der Waals surface area contributed by atoms with E-state index in [1.807, 2.05) is 0 Å². The molecule has 0 fully saturated rings. The first-order valence-corrected chi connectivity index (χ1v) is 7.65. The van der Waals surface area contributed by atoms with E-state index in [0.29, 0.717) is 28.5 Å². The maximum absolute atomic E-state index is 13.5. The lowest BCUT2D eigenvalue weighted by Gasteiger charge is -2.04. The van der Waals surface area contributed by atoms with Crippen LogP contribution in [0.15, 0.2) is 48.8 Å². The van der Waals surface area contributed by atoms with Crippen LogP contribution in [0.5, 0.6) is 0 Å². The minimum Gasteiger partial charge on any atom is -0.368 e. The standard InChI is InChI=1S/C16H13FN8O/c17-11-3-1-2-10(6-11)16-22-21-15-5-4-14(23-25(15)16)20-12-7-19-24(8-12)9-13(18)26/h1-8H,9H2,(H2,18,26)(H,20,23). The summed E-state index contributed by atoms with van der Waals surface area (Å²) in [4.78, 5) is 10.9. The molecule has 1 aromatic carbocycles. The van der Waals surface area contributed by atoms with Gasteiger partial charge in [0.15, 0.2) is 17.3 Å². The summed E-state index contributed by atoms with van der Waals surface area (Å²) < 4.78 is 16.4. The number of carbonyl (C=O) groups is 1. The summed E-state index contributed by atoms with van der Waals surface area (Å²) in [7, 11) is 0. The molecule has 4 rings (SSSR count). The van der Waals surface area contributed by atoms with E-state index in [2.05, 4.69) is 25.7 Å². The number of nitrogens with zero attached hydrogens (tertiary/aromatic N) is 6. The number of hydrogen-bond acceptors (Lipinski definition) is 6. The van der Waals surface area contributed by atoms with E-state index in [-0.39, 0.29) is 12.4 Å². The van der Waals surface area contributed by atoms with Crippen LogP contribution in [0.3, 0.4) is 0 Å². The topological polar surface area (TPSA) is 116 Å². The van der Waals surface area contributed by atoms with Crippen molar-refractivity contribution in [2.24, 2.45) is 5.73 Å². The molecular weight excluding hydrogens is 339 g/mol. The SMILES string of the molecule is NC(=O)Cn1cc(Nc2ccc3nnc(-c4cccc(F)c4)n3n2)cn1. The third kappa shape index (κ3) is 3.07. The van der Waals surface area contributed by atoms with Gasteiger partial charge in [-0.05, 0) is 24.3 Å². The zero-order valence-corrected chi connectivity index (χ0v) is 13.4. The van der Waals surface area contributed by atoms with Crippen LogP contribution in [0.25, 0.3) is 17.0 Å². The van der Waals surface area contributed by atoms with Crippen molar-refractivity contribution in [2.75, 3.05) is 5.32 Å². The van der Waals surface area contributed by atoms with E-state index >= 15 is 0 Å². The number of benzene rings is 1. The van der Waals surface area contributed by atoms with Gasteiger partial charge in [0.05, 0.1) is 11.9 Å². The molecule has 3 heterocycles. The first kappa shape index (κ1) is 15.7. The quantitative estimate of drug-likeness (QED) is 0.560. The minimum absolute atomic E-state index is 0.0106. The molecule has 1 amide bonds. The van der Waals surface area contributed by atoms with Crippen LogP contribution in [-0.2, 0) is 11.3 Å². The Balaban J connectivity index is 1.66. The number of amides is 1. The van der Waals surface area contributed by atoms with E-state index in [1.165, 1.54) is 21.3 Å². The van der Waals surface area contributed by atoms with Gasteiger partial charge in [-0.1, -0.05) is 12.1 Å². The van der Waals surface area contributed by atoms with Crippen molar-refractivity contribution in [2.45, 2.75) is 6.54 Å². The number of anilines is 2. The van der Waals surface area contributed by atoms with Crippen molar-refractivity contribution < 1.29 is 9.18 Å². The fraction of sp³-hybridized carbons (Fsp3) is 0.0625. The van der Waals surface area contributed by atoms with Crippen LogP contribution < -0.4 is 11.1 Å². The summed E-state index contributed by atoms with van der Waals surface area (Å²) in [5, 5.41) is 19.7. The number of nitrogens with two attached hydrogens (primary N) is 1. The molecule has 9 nitrogen and oxygen atoms in total. The Labute approximate surface area is 146 Å². The highest BCUT2D eigenvalue weighted by Gasteiger charge is 2.11. The normalized spacial score (nSPS) is 11.0. The van der Waals surface area contributed by atoms with Gasteiger partial charge in [-0.3, -0.25) is 9.48 Å². The second-order valence-corrected chi connectivity index (χ2v) is 5.54. The average molecular weight is 352 g/mol. The molecule has 10 heteroatoms. The van der Waals surface area contributed by atoms with Crippen molar-refractivity contribution in [1.82, 2.24) is 29.6 Å². The first-order chi connectivity index (χ1) is 12.6. The third-order valence-corrected chi connectivity index (χ3v) is 3.57. The summed E-state index contributed by atoms with van der Waals surface area (Å²) in [5.74, 6) is 0.0833. The van der Waals surface area contributed by atoms with E-state index in [9.17, 15) is 9.18 Å². The van der Waals surface area contributed by atoms with Gasteiger partial charge in [-0.25, -0.2) is 4.39 Å². The lowest BCUT2D eigenvalue weighted by molar-refractivity contribution is -0.118. The van der Waals surface area contributed by atoms with Crippen molar-refractivity contribution in [3.05, 3.63) is 54.6 Å². The Morgan fingerprint density at radius 2 is 2.12 bits per heavy atom. The molecule has 0 aliphatic carbocycles. The van der Waals surface area contributed by atoms with Crippen LogP contribution >= 0.6 is 0 Å². The monoisotopic (exact) mass is 352 g/mol. The zero-order chi connectivity index (χ0) is 18.1. The summed E-state index contributed by atoms with van der Waals surface area (Å²) in [6.07, 6.45) is 3.19. The van der Waals surface area contributed by atoms with Gasteiger partial charge < -0.3 is 11.1 Å². The Kier molecular flexibility index (Phi) is 3.77. The molecule has 0 radical (unpaired) electrons. The second-order valence-electron chi connectivity index (χ2n) is 5.54. The molecule has 0 unspecified atom stereocenters. The van der Waals surface area contributed by atoms with Gasteiger partial charge >= 0.3 is 0 Å². The maximum Gasteiger partial charge on any atom is 0.239 e. The fourth-order valence-electron chi connectivity index (χ4n) is 2.49. The fourth-order valence-corrected chi connectivity index (χ4v) is 2.49. The number of halogens is 1. The van der Waals surface area contributed by atoms with E-state index in [1.54, 1.807) is 36.7 Å². The lowest BCUT2D eigenvalue weighted by Crippen LogP contribution is -2.18. The molecule has 0 saturated heterocycles. The molecule has 26 heavy (non-hydrogen) atoms. The summed E-state index contributed by atoms with van der Waals surface area (Å²) in [6.45, 7) is -0.0106. The highest BCUT2D eigenvalue weighted by molar-refractivity contribution is 5.73. The van der Waals surface area contributed by atoms with E-state index in [4.69, 9.17) is 5.73 Å². The van der Waals surface area contributed by atoms with Gasteiger partial charge in [0, 0.05) is 11.8 Å². The predicted octanol–water partition coefficient (Wildman–Crippen LogP) is 1.36. The van der Waals surface area contributed by atoms with Crippen molar-refractivity contribution >= 4 is 23.1 Å². The maximum atomic E-state index is 13.5. The molecule has 0 aliphatic rings. The molecule has 0 saturated carbocycles. The van der Waals surface area contributed by atoms with Crippen molar-refractivity contribution in [3.8, 4) is 11.4 Å². The predicted molar refractivity (Wildman–Crippen MR) is 90.9 cm³/mol.